The summed E-state index contributed by atoms with van der Waals surface area (Å²) in [4.78, 5) is 25.7. The van der Waals surface area contributed by atoms with Crippen molar-refractivity contribution in [1.82, 2.24) is 9.38 Å². The molecule has 0 radical (unpaired) electrons. The minimum Gasteiger partial charge on any atom is -0.463 e. The number of rotatable bonds is 2. The van der Waals surface area contributed by atoms with E-state index in [1.807, 2.05) is 0 Å². The second kappa shape index (κ2) is 3.53. The third-order valence-electron chi connectivity index (χ3n) is 2.06. The van der Waals surface area contributed by atoms with Crippen molar-refractivity contribution in [2.75, 3.05) is 7.11 Å². The van der Waals surface area contributed by atoms with Gasteiger partial charge in [-0.3, -0.25) is 9.20 Å². The summed E-state index contributed by atoms with van der Waals surface area (Å²) in [5.41, 5.74) is 1.22. The molecule has 0 aliphatic heterocycles. The SMILES string of the molecule is COC(=O)c1ncc2cc(C=O)ccn12. The van der Waals surface area contributed by atoms with Crippen molar-refractivity contribution < 1.29 is 14.3 Å². The minimum absolute atomic E-state index is 0.199. The lowest BCUT2D eigenvalue weighted by Crippen LogP contribution is -2.06. The highest BCUT2D eigenvalue weighted by Crippen LogP contribution is 2.09. The van der Waals surface area contributed by atoms with Crippen LogP contribution in [0.4, 0.5) is 0 Å². The number of methoxy groups -OCH3 is 1. The third kappa shape index (κ3) is 1.48. The van der Waals surface area contributed by atoms with Crippen molar-refractivity contribution in [1.29, 1.82) is 0 Å². The van der Waals surface area contributed by atoms with Crippen LogP contribution in [0.2, 0.25) is 0 Å². The van der Waals surface area contributed by atoms with Crippen LogP contribution >= 0.6 is 0 Å². The third-order valence-corrected chi connectivity index (χ3v) is 2.06. The number of ether oxygens (including phenoxy) is 1. The summed E-state index contributed by atoms with van der Waals surface area (Å²) in [7, 11) is 1.29. The molecular formula is C10H8N2O3. The number of hydrogen-bond donors (Lipinski definition) is 0. The molecule has 2 heterocycles. The topological polar surface area (TPSA) is 60.7 Å². The zero-order valence-corrected chi connectivity index (χ0v) is 8.01. The lowest BCUT2D eigenvalue weighted by atomic mass is 10.3. The Morgan fingerprint density at radius 1 is 1.60 bits per heavy atom. The van der Waals surface area contributed by atoms with Gasteiger partial charge in [-0.05, 0) is 12.1 Å². The van der Waals surface area contributed by atoms with Crippen LogP contribution in [0.1, 0.15) is 21.0 Å². The molecule has 0 spiro atoms. The summed E-state index contributed by atoms with van der Waals surface area (Å²) in [5.74, 6) is -0.307. The monoisotopic (exact) mass is 204 g/mol. The average molecular weight is 204 g/mol. The van der Waals surface area contributed by atoms with Crippen molar-refractivity contribution in [3.63, 3.8) is 0 Å². The van der Waals surface area contributed by atoms with Crippen molar-refractivity contribution >= 4 is 17.8 Å². The fourth-order valence-electron chi connectivity index (χ4n) is 1.33. The van der Waals surface area contributed by atoms with Gasteiger partial charge in [-0.15, -0.1) is 0 Å². The molecule has 0 saturated heterocycles. The molecule has 0 aliphatic rings. The molecule has 76 valence electrons. The quantitative estimate of drug-likeness (QED) is 0.539. The first kappa shape index (κ1) is 9.39. The Kier molecular flexibility index (Phi) is 2.21. The van der Waals surface area contributed by atoms with Gasteiger partial charge in [0.2, 0.25) is 5.82 Å². The predicted octanol–water partition coefficient (Wildman–Crippen LogP) is 0.933. The van der Waals surface area contributed by atoms with E-state index in [0.29, 0.717) is 11.1 Å². The molecular weight excluding hydrogens is 196 g/mol. The molecule has 0 amide bonds. The maximum Gasteiger partial charge on any atom is 0.374 e. The highest BCUT2D eigenvalue weighted by molar-refractivity contribution is 5.87. The van der Waals surface area contributed by atoms with E-state index in [2.05, 4.69) is 9.72 Å². The number of carbonyl (C=O) groups excluding carboxylic acids is 2. The molecule has 2 aromatic rings. The van der Waals surface area contributed by atoms with Gasteiger partial charge in [-0.2, -0.15) is 0 Å². The van der Waals surface area contributed by atoms with E-state index in [1.54, 1.807) is 22.7 Å². The van der Waals surface area contributed by atoms with Crippen LogP contribution in [0, 0.1) is 0 Å². The number of imidazole rings is 1. The van der Waals surface area contributed by atoms with Gasteiger partial charge in [0.05, 0.1) is 18.8 Å². The molecule has 2 rings (SSSR count). The van der Waals surface area contributed by atoms with E-state index in [1.165, 1.54) is 13.3 Å². The lowest BCUT2D eigenvalue weighted by Gasteiger charge is -1.99. The molecule has 0 bridgehead atoms. The van der Waals surface area contributed by atoms with Gasteiger partial charge in [0, 0.05) is 11.8 Å². The first-order chi connectivity index (χ1) is 7.26. The normalized spacial score (nSPS) is 10.2. The number of pyridine rings is 1. The lowest BCUT2D eigenvalue weighted by molar-refractivity contribution is 0.0586. The number of nitrogens with zero attached hydrogens (tertiary/aromatic N) is 2. The van der Waals surface area contributed by atoms with Gasteiger partial charge < -0.3 is 4.74 Å². The Morgan fingerprint density at radius 2 is 2.40 bits per heavy atom. The zero-order chi connectivity index (χ0) is 10.8. The summed E-state index contributed by atoms with van der Waals surface area (Å²) in [6, 6.07) is 3.25. The first-order valence-corrected chi connectivity index (χ1v) is 4.27. The van der Waals surface area contributed by atoms with Gasteiger partial charge >= 0.3 is 5.97 Å². The van der Waals surface area contributed by atoms with Crippen LogP contribution in [0.15, 0.2) is 24.5 Å². The second-order valence-electron chi connectivity index (χ2n) is 2.95. The molecule has 0 fully saturated rings. The summed E-state index contributed by atoms with van der Waals surface area (Å²) in [5, 5.41) is 0. The summed E-state index contributed by atoms with van der Waals surface area (Å²) < 4.78 is 6.14. The number of carbonyl (C=O) groups is 2. The molecule has 2 aromatic heterocycles. The van der Waals surface area contributed by atoms with E-state index < -0.39 is 5.97 Å². The molecule has 0 unspecified atom stereocenters. The van der Waals surface area contributed by atoms with E-state index in [9.17, 15) is 9.59 Å². The average Bonchev–Trinajstić information content (AvgIpc) is 2.70. The van der Waals surface area contributed by atoms with Gasteiger partial charge in [0.25, 0.3) is 0 Å². The van der Waals surface area contributed by atoms with E-state index in [4.69, 9.17) is 0 Å². The molecule has 5 heteroatoms. The van der Waals surface area contributed by atoms with E-state index in [-0.39, 0.29) is 5.82 Å². The molecule has 0 N–H and O–H groups in total. The van der Waals surface area contributed by atoms with Crippen molar-refractivity contribution in [2.24, 2.45) is 0 Å². The number of fused-ring (bicyclic) bond motifs is 1. The number of hydrogen-bond acceptors (Lipinski definition) is 4. The highest BCUT2D eigenvalue weighted by atomic mass is 16.5. The van der Waals surface area contributed by atoms with Crippen molar-refractivity contribution in [2.45, 2.75) is 0 Å². The Hall–Kier alpha value is -2.17. The van der Waals surface area contributed by atoms with Crippen LogP contribution < -0.4 is 0 Å². The van der Waals surface area contributed by atoms with Gasteiger partial charge in [0.1, 0.15) is 6.29 Å². The Morgan fingerprint density at radius 3 is 3.07 bits per heavy atom. The van der Waals surface area contributed by atoms with Crippen LogP contribution in [-0.2, 0) is 4.74 Å². The largest absolute Gasteiger partial charge is 0.463 e. The van der Waals surface area contributed by atoms with E-state index in [0.717, 1.165) is 6.29 Å². The maximum absolute atomic E-state index is 11.3. The standard InChI is InChI=1S/C10H8N2O3/c1-15-10(14)9-11-5-8-4-7(6-13)2-3-12(8)9/h2-6H,1H3. The number of esters is 1. The molecule has 5 nitrogen and oxygen atoms in total. The highest BCUT2D eigenvalue weighted by Gasteiger charge is 2.12. The molecule has 0 atom stereocenters. The Labute approximate surface area is 85.3 Å². The smallest absolute Gasteiger partial charge is 0.374 e. The fourth-order valence-corrected chi connectivity index (χ4v) is 1.33. The number of aromatic nitrogens is 2. The molecule has 0 saturated carbocycles. The zero-order valence-electron chi connectivity index (χ0n) is 8.01. The maximum atomic E-state index is 11.3. The van der Waals surface area contributed by atoms with Crippen LogP contribution in [-0.4, -0.2) is 28.7 Å². The van der Waals surface area contributed by atoms with Crippen LogP contribution in [0.25, 0.3) is 5.52 Å². The van der Waals surface area contributed by atoms with Gasteiger partial charge in [-0.1, -0.05) is 0 Å². The summed E-state index contributed by atoms with van der Waals surface area (Å²) >= 11 is 0. The molecule has 0 aliphatic carbocycles. The summed E-state index contributed by atoms with van der Waals surface area (Å²) in [6.45, 7) is 0. The number of aldehydes is 1. The van der Waals surface area contributed by atoms with Gasteiger partial charge in [-0.25, -0.2) is 9.78 Å². The van der Waals surface area contributed by atoms with Crippen molar-refractivity contribution in [3.8, 4) is 0 Å². The van der Waals surface area contributed by atoms with Crippen LogP contribution in [0.3, 0.4) is 0 Å². The molecule has 15 heavy (non-hydrogen) atoms. The molecule has 0 aromatic carbocycles. The predicted molar refractivity (Wildman–Crippen MR) is 51.9 cm³/mol. The second-order valence-corrected chi connectivity index (χ2v) is 2.95. The van der Waals surface area contributed by atoms with Crippen molar-refractivity contribution in [3.05, 3.63) is 35.9 Å². The first-order valence-electron chi connectivity index (χ1n) is 4.27. The van der Waals surface area contributed by atoms with Crippen LogP contribution in [0.5, 0.6) is 0 Å². The summed E-state index contributed by atoms with van der Waals surface area (Å²) in [6.07, 6.45) is 3.86. The fraction of sp³-hybridized carbons (Fsp3) is 0.100. The van der Waals surface area contributed by atoms with E-state index >= 15 is 0 Å². The minimum atomic E-state index is -0.506. The Balaban J connectivity index is 2.61. The van der Waals surface area contributed by atoms with Gasteiger partial charge in [0.15, 0.2) is 0 Å². The Bertz CT molecular complexity index is 530.